The predicted molar refractivity (Wildman–Crippen MR) is 49.4 cm³/mol. The molecule has 2 amide bonds. The molecule has 0 aliphatic carbocycles. The van der Waals surface area contributed by atoms with Gasteiger partial charge in [-0.1, -0.05) is 0 Å². The van der Waals surface area contributed by atoms with E-state index in [1.807, 2.05) is 0 Å². The molecule has 3 N–H and O–H groups in total. The lowest BCUT2D eigenvalue weighted by Crippen LogP contribution is -2.48. The molecule has 0 saturated carbocycles. The number of rotatable bonds is 3. The minimum absolute atomic E-state index is 0.286. The van der Waals surface area contributed by atoms with Gasteiger partial charge in [0.25, 0.3) is 0 Å². The second kappa shape index (κ2) is 5.52. The molecule has 1 aliphatic heterocycles. The van der Waals surface area contributed by atoms with Crippen LogP contribution in [0.25, 0.3) is 0 Å². The molecule has 0 bridgehead atoms. The zero-order chi connectivity index (χ0) is 11.3. The predicted octanol–water partition coefficient (Wildman–Crippen LogP) is -1.53. The Morgan fingerprint density at radius 1 is 1.40 bits per heavy atom. The molecule has 0 aromatic rings. The summed E-state index contributed by atoms with van der Waals surface area (Å²) < 4.78 is 5.05. The summed E-state index contributed by atoms with van der Waals surface area (Å²) in [6.45, 7) is 1.64. The van der Waals surface area contributed by atoms with Crippen LogP contribution < -0.4 is 5.32 Å². The smallest absolute Gasteiger partial charge is 0.334 e. The molecule has 1 rings (SSSR count). The maximum atomic E-state index is 11.4. The van der Waals surface area contributed by atoms with E-state index in [2.05, 4.69) is 5.32 Å². The molecular weight excluding hydrogens is 204 g/mol. The van der Waals surface area contributed by atoms with Crippen molar-refractivity contribution < 1.29 is 24.5 Å². The number of amides is 2. The Kier molecular flexibility index (Phi) is 4.32. The standard InChI is InChI=1S/C8H14N2O5/c11-6(7(12)13)5-9-8(14)10-1-3-15-4-2-10/h6,11H,1-5H2,(H,9,14)(H,12,13). The van der Waals surface area contributed by atoms with E-state index in [0.29, 0.717) is 26.3 Å². The maximum absolute atomic E-state index is 11.4. The van der Waals surface area contributed by atoms with Gasteiger partial charge in [0.05, 0.1) is 19.8 Å². The van der Waals surface area contributed by atoms with Gasteiger partial charge in [0.1, 0.15) is 0 Å². The van der Waals surface area contributed by atoms with Crippen molar-refractivity contribution in [3.8, 4) is 0 Å². The number of aliphatic hydroxyl groups is 1. The lowest BCUT2D eigenvalue weighted by molar-refractivity contribution is -0.146. The Hall–Kier alpha value is -1.34. The van der Waals surface area contributed by atoms with Gasteiger partial charge in [-0.05, 0) is 0 Å². The van der Waals surface area contributed by atoms with Crippen LogP contribution in [0.1, 0.15) is 0 Å². The van der Waals surface area contributed by atoms with Crippen LogP contribution in [0.3, 0.4) is 0 Å². The van der Waals surface area contributed by atoms with Crippen LogP contribution in [0, 0.1) is 0 Å². The minimum Gasteiger partial charge on any atom is -0.479 e. The van der Waals surface area contributed by atoms with Gasteiger partial charge in [0.2, 0.25) is 0 Å². The molecule has 1 fully saturated rings. The van der Waals surface area contributed by atoms with Crippen molar-refractivity contribution in [2.75, 3.05) is 32.8 Å². The molecule has 0 aromatic heterocycles. The number of aliphatic hydroxyl groups excluding tert-OH is 1. The summed E-state index contributed by atoms with van der Waals surface area (Å²) in [5.74, 6) is -1.35. The normalized spacial score (nSPS) is 18.3. The topological polar surface area (TPSA) is 99.1 Å². The van der Waals surface area contributed by atoms with Crippen molar-refractivity contribution in [3.05, 3.63) is 0 Å². The van der Waals surface area contributed by atoms with Crippen molar-refractivity contribution >= 4 is 12.0 Å². The number of carboxylic acid groups (broad SMARTS) is 1. The lowest BCUT2D eigenvalue weighted by atomic mass is 10.3. The van der Waals surface area contributed by atoms with Crippen LogP contribution in [0.2, 0.25) is 0 Å². The number of carbonyl (C=O) groups excluding carboxylic acids is 1. The molecule has 7 nitrogen and oxygen atoms in total. The first kappa shape index (κ1) is 11.7. The van der Waals surface area contributed by atoms with E-state index in [1.54, 1.807) is 0 Å². The highest BCUT2D eigenvalue weighted by Crippen LogP contribution is 1.96. The largest absolute Gasteiger partial charge is 0.479 e. The quantitative estimate of drug-likeness (QED) is 0.534. The van der Waals surface area contributed by atoms with Crippen LogP contribution in [0.15, 0.2) is 0 Å². The van der Waals surface area contributed by atoms with Crippen LogP contribution in [0.5, 0.6) is 0 Å². The second-order valence-electron chi connectivity index (χ2n) is 3.14. The Balaban J connectivity index is 2.25. The van der Waals surface area contributed by atoms with Crippen LogP contribution >= 0.6 is 0 Å². The number of urea groups is 1. The average Bonchev–Trinajstić information content (AvgIpc) is 2.26. The molecule has 1 saturated heterocycles. The van der Waals surface area contributed by atoms with Gasteiger partial charge in [0, 0.05) is 13.1 Å². The number of aliphatic carboxylic acids is 1. The Labute approximate surface area is 86.6 Å². The maximum Gasteiger partial charge on any atom is 0.334 e. The van der Waals surface area contributed by atoms with E-state index in [4.69, 9.17) is 14.9 Å². The molecule has 86 valence electrons. The van der Waals surface area contributed by atoms with Gasteiger partial charge in [-0.25, -0.2) is 9.59 Å². The number of hydrogen-bond acceptors (Lipinski definition) is 4. The molecule has 0 spiro atoms. The Morgan fingerprint density at radius 3 is 2.53 bits per heavy atom. The van der Waals surface area contributed by atoms with Gasteiger partial charge in [-0.2, -0.15) is 0 Å². The Morgan fingerprint density at radius 2 is 2.00 bits per heavy atom. The fourth-order valence-electron chi connectivity index (χ4n) is 1.15. The zero-order valence-corrected chi connectivity index (χ0v) is 8.18. The summed E-state index contributed by atoms with van der Waals surface area (Å²) in [7, 11) is 0. The summed E-state index contributed by atoms with van der Waals surface area (Å²) >= 11 is 0. The first-order chi connectivity index (χ1) is 7.11. The average molecular weight is 218 g/mol. The van der Waals surface area contributed by atoms with Gasteiger partial charge in [-0.15, -0.1) is 0 Å². The summed E-state index contributed by atoms with van der Waals surface area (Å²) in [6.07, 6.45) is -1.56. The highest BCUT2D eigenvalue weighted by molar-refractivity contribution is 5.76. The molecule has 15 heavy (non-hydrogen) atoms. The number of nitrogens with one attached hydrogen (secondary N) is 1. The van der Waals surface area contributed by atoms with E-state index >= 15 is 0 Å². The summed E-state index contributed by atoms with van der Waals surface area (Å²) in [6, 6.07) is -0.376. The van der Waals surface area contributed by atoms with Gasteiger partial charge >= 0.3 is 12.0 Å². The zero-order valence-electron chi connectivity index (χ0n) is 8.18. The molecule has 1 atom stereocenters. The third-order valence-corrected chi connectivity index (χ3v) is 2.03. The highest BCUT2D eigenvalue weighted by Gasteiger charge is 2.19. The first-order valence-corrected chi connectivity index (χ1v) is 4.62. The molecule has 7 heteroatoms. The van der Waals surface area contributed by atoms with Crippen molar-refractivity contribution in [1.82, 2.24) is 10.2 Å². The van der Waals surface area contributed by atoms with E-state index < -0.39 is 12.1 Å². The third kappa shape index (κ3) is 3.72. The number of hydrogen-bond donors (Lipinski definition) is 3. The van der Waals surface area contributed by atoms with Crippen molar-refractivity contribution in [2.24, 2.45) is 0 Å². The van der Waals surface area contributed by atoms with E-state index in [0.717, 1.165) is 0 Å². The van der Waals surface area contributed by atoms with Crippen LogP contribution in [0.4, 0.5) is 4.79 Å². The fraction of sp³-hybridized carbons (Fsp3) is 0.750. The number of carbonyl (C=O) groups is 2. The highest BCUT2D eigenvalue weighted by atomic mass is 16.5. The number of ether oxygens (including phenoxy) is 1. The minimum atomic E-state index is -1.56. The molecular formula is C8H14N2O5. The molecule has 0 radical (unpaired) electrons. The number of nitrogens with zero attached hydrogens (tertiary/aromatic N) is 1. The van der Waals surface area contributed by atoms with Gasteiger partial charge in [-0.3, -0.25) is 0 Å². The van der Waals surface area contributed by atoms with E-state index in [1.165, 1.54) is 4.90 Å². The van der Waals surface area contributed by atoms with E-state index in [-0.39, 0.29) is 12.6 Å². The molecule has 0 aromatic carbocycles. The van der Waals surface area contributed by atoms with Crippen LogP contribution in [-0.4, -0.2) is 66.1 Å². The third-order valence-electron chi connectivity index (χ3n) is 2.03. The first-order valence-electron chi connectivity index (χ1n) is 4.62. The van der Waals surface area contributed by atoms with Gasteiger partial charge in [0.15, 0.2) is 6.10 Å². The lowest BCUT2D eigenvalue weighted by Gasteiger charge is -2.27. The van der Waals surface area contributed by atoms with E-state index in [9.17, 15) is 9.59 Å². The number of morpholine rings is 1. The molecule has 1 heterocycles. The summed E-state index contributed by atoms with van der Waals surface area (Å²) in [5, 5.41) is 19.6. The van der Waals surface area contributed by atoms with Crippen molar-refractivity contribution in [2.45, 2.75) is 6.10 Å². The summed E-state index contributed by atoms with van der Waals surface area (Å²) in [5.41, 5.74) is 0. The van der Waals surface area contributed by atoms with Crippen molar-refractivity contribution in [3.63, 3.8) is 0 Å². The molecule has 1 aliphatic rings. The monoisotopic (exact) mass is 218 g/mol. The fourth-order valence-corrected chi connectivity index (χ4v) is 1.15. The second-order valence-corrected chi connectivity index (χ2v) is 3.14. The summed E-state index contributed by atoms with van der Waals surface area (Å²) in [4.78, 5) is 23.1. The Bertz CT molecular complexity index is 239. The molecule has 1 unspecified atom stereocenters. The van der Waals surface area contributed by atoms with Crippen molar-refractivity contribution in [1.29, 1.82) is 0 Å². The van der Waals surface area contributed by atoms with Crippen LogP contribution in [-0.2, 0) is 9.53 Å². The SMILES string of the molecule is O=C(O)C(O)CNC(=O)N1CCOCC1. The van der Waals surface area contributed by atoms with Gasteiger partial charge < -0.3 is 25.2 Å². The number of carboxylic acids is 1.